The van der Waals surface area contributed by atoms with Crippen LogP contribution in [0.15, 0.2) is 60.7 Å². The molecule has 3 aromatic rings. The highest BCUT2D eigenvalue weighted by Gasteiger charge is 2.03. The molecule has 0 aliphatic rings. The van der Waals surface area contributed by atoms with Gasteiger partial charge in [-0.1, -0.05) is 18.2 Å². The highest BCUT2D eigenvalue weighted by molar-refractivity contribution is 5.64. The molecule has 0 spiro atoms. The fraction of sp³-hybridized carbons (Fsp3) is 0.200. The standard InChI is InChI=1S/C20H23N5O/c1-15-14-19(21-12-13-26-2)25-20(22-15)24-18-10-8-17(9-11-18)23-16-6-4-3-5-7-16/h3-11,14,23H,12-13H2,1-2H3,(H2,21,22,24,25). The summed E-state index contributed by atoms with van der Waals surface area (Å²) in [6, 6.07) is 20.0. The summed E-state index contributed by atoms with van der Waals surface area (Å²) in [6.07, 6.45) is 0. The maximum atomic E-state index is 5.05. The Morgan fingerprint density at radius 1 is 0.846 bits per heavy atom. The molecule has 1 heterocycles. The number of aryl methyl sites for hydroxylation is 1. The Morgan fingerprint density at radius 2 is 1.50 bits per heavy atom. The number of anilines is 5. The SMILES string of the molecule is COCCNc1cc(C)nc(Nc2ccc(Nc3ccccc3)cc2)n1. The summed E-state index contributed by atoms with van der Waals surface area (Å²) in [5.74, 6) is 1.34. The van der Waals surface area contributed by atoms with E-state index in [0.29, 0.717) is 19.1 Å². The Hall–Kier alpha value is -3.12. The van der Waals surface area contributed by atoms with E-state index in [0.717, 1.165) is 28.6 Å². The summed E-state index contributed by atoms with van der Waals surface area (Å²) in [7, 11) is 1.68. The number of para-hydroxylation sites is 1. The molecule has 0 radical (unpaired) electrons. The Kier molecular flexibility index (Phi) is 6.01. The molecular formula is C20H23N5O. The monoisotopic (exact) mass is 349 g/mol. The van der Waals surface area contributed by atoms with Gasteiger partial charge in [-0.05, 0) is 43.3 Å². The molecule has 0 bridgehead atoms. The lowest BCUT2D eigenvalue weighted by Crippen LogP contribution is -2.10. The van der Waals surface area contributed by atoms with Crippen molar-refractivity contribution in [1.29, 1.82) is 0 Å². The number of aromatic nitrogens is 2. The topological polar surface area (TPSA) is 71.1 Å². The lowest BCUT2D eigenvalue weighted by atomic mass is 10.2. The molecule has 26 heavy (non-hydrogen) atoms. The third-order valence-corrected chi connectivity index (χ3v) is 3.67. The van der Waals surface area contributed by atoms with Crippen molar-refractivity contribution >= 4 is 28.8 Å². The van der Waals surface area contributed by atoms with Crippen LogP contribution in [0.2, 0.25) is 0 Å². The van der Waals surface area contributed by atoms with Gasteiger partial charge < -0.3 is 20.7 Å². The Morgan fingerprint density at radius 3 is 2.19 bits per heavy atom. The second-order valence-electron chi connectivity index (χ2n) is 5.83. The van der Waals surface area contributed by atoms with Gasteiger partial charge in [0.2, 0.25) is 5.95 Å². The zero-order chi connectivity index (χ0) is 18.2. The van der Waals surface area contributed by atoms with Gasteiger partial charge in [-0.25, -0.2) is 4.98 Å². The van der Waals surface area contributed by atoms with Crippen LogP contribution < -0.4 is 16.0 Å². The quantitative estimate of drug-likeness (QED) is 0.526. The van der Waals surface area contributed by atoms with Gasteiger partial charge in [-0.2, -0.15) is 4.98 Å². The minimum absolute atomic E-state index is 0.564. The second kappa shape index (κ2) is 8.82. The molecule has 134 valence electrons. The Labute approximate surface area is 153 Å². The van der Waals surface area contributed by atoms with E-state index in [2.05, 4.69) is 25.9 Å². The van der Waals surface area contributed by atoms with E-state index < -0.39 is 0 Å². The molecule has 0 aliphatic carbocycles. The van der Waals surface area contributed by atoms with Crippen LogP contribution in [0.5, 0.6) is 0 Å². The van der Waals surface area contributed by atoms with Crippen LogP contribution in [0.4, 0.5) is 28.8 Å². The van der Waals surface area contributed by atoms with Gasteiger partial charge in [0.1, 0.15) is 5.82 Å². The van der Waals surface area contributed by atoms with Crippen LogP contribution in [0.3, 0.4) is 0 Å². The van der Waals surface area contributed by atoms with Gasteiger partial charge in [0, 0.05) is 42.5 Å². The van der Waals surface area contributed by atoms with Crippen molar-refractivity contribution in [2.45, 2.75) is 6.92 Å². The third-order valence-electron chi connectivity index (χ3n) is 3.67. The smallest absolute Gasteiger partial charge is 0.229 e. The molecule has 2 aromatic carbocycles. The van der Waals surface area contributed by atoms with Gasteiger partial charge in [0.25, 0.3) is 0 Å². The first-order chi connectivity index (χ1) is 12.7. The van der Waals surface area contributed by atoms with Crippen LogP contribution >= 0.6 is 0 Å². The number of hydrogen-bond donors (Lipinski definition) is 3. The third kappa shape index (κ3) is 5.19. The van der Waals surface area contributed by atoms with E-state index in [1.54, 1.807) is 7.11 Å². The summed E-state index contributed by atoms with van der Waals surface area (Å²) in [5, 5.41) is 9.83. The van der Waals surface area contributed by atoms with Crippen LogP contribution in [-0.4, -0.2) is 30.2 Å². The van der Waals surface area contributed by atoms with E-state index in [9.17, 15) is 0 Å². The van der Waals surface area contributed by atoms with Gasteiger partial charge >= 0.3 is 0 Å². The van der Waals surface area contributed by atoms with Gasteiger partial charge in [-0.15, -0.1) is 0 Å². The zero-order valence-electron chi connectivity index (χ0n) is 15.0. The summed E-state index contributed by atoms with van der Waals surface area (Å²) < 4.78 is 5.05. The van der Waals surface area contributed by atoms with E-state index in [4.69, 9.17) is 4.74 Å². The van der Waals surface area contributed by atoms with Crippen molar-refractivity contribution < 1.29 is 4.74 Å². The van der Waals surface area contributed by atoms with Crippen molar-refractivity contribution in [3.63, 3.8) is 0 Å². The predicted octanol–water partition coefficient (Wildman–Crippen LogP) is 4.33. The maximum absolute atomic E-state index is 5.05. The van der Waals surface area contributed by atoms with Gasteiger partial charge in [0.15, 0.2) is 0 Å². The first-order valence-corrected chi connectivity index (χ1v) is 8.50. The first kappa shape index (κ1) is 17.7. The molecule has 0 aliphatic heterocycles. The van der Waals surface area contributed by atoms with Crippen molar-refractivity contribution in [3.8, 4) is 0 Å². The molecular weight excluding hydrogens is 326 g/mol. The number of benzene rings is 2. The average molecular weight is 349 g/mol. The highest BCUT2D eigenvalue weighted by atomic mass is 16.5. The van der Waals surface area contributed by atoms with Crippen molar-refractivity contribution in [1.82, 2.24) is 9.97 Å². The number of hydrogen-bond acceptors (Lipinski definition) is 6. The van der Waals surface area contributed by atoms with Crippen LogP contribution in [-0.2, 0) is 4.74 Å². The summed E-state index contributed by atoms with van der Waals surface area (Å²) in [4.78, 5) is 8.92. The number of ether oxygens (including phenoxy) is 1. The minimum atomic E-state index is 0.564. The molecule has 0 saturated heterocycles. The summed E-state index contributed by atoms with van der Waals surface area (Å²) in [6.45, 7) is 3.27. The predicted molar refractivity (Wildman–Crippen MR) is 107 cm³/mol. The molecule has 6 nitrogen and oxygen atoms in total. The van der Waals surface area contributed by atoms with E-state index in [-0.39, 0.29) is 0 Å². The normalized spacial score (nSPS) is 10.4. The largest absolute Gasteiger partial charge is 0.383 e. The number of nitrogens with one attached hydrogen (secondary N) is 3. The van der Waals surface area contributed by atoms with Crippen molar-refractivity contribution in [2.75, 3.05) is 36.2 Å². The van der Waals surface area contributed by atoms with Crippen molar-refractivity contribution in [3.05, 3.63) is 66.4 Å². The Balaban J connectivity index is 1.65. The second-order valence-corrected chi connectivity index (χ2v) is 5.83. The highest BCUT2D eigenvalue weighted by Crippen LogP contribution is 2.21. The lowest BCUT2D eigenvalue weighted by Gasteiger charge is -2.11. The van der Waals surface area contributed by atoms with Crippen LogP contribution in [0, 0.1) is 6.92 Å². The van der Waals surface area contributed by atoms with Crippen LogP contribution in [0.25, 0.3) is 0 Å². The first-order valence-electron chi connectivity index (χ1n) is 8.50. The molecule has 1 aromatic heterocycles. The number of rotatable bonds is 8. The van der Waals surface area contributed by atoms with E-state index in [1.807, 2.05) is 67.6 Å². The molecule has 3 rings (SSSR count). The molecule has 0 saturated carbocycles. The number of methoxy groups -OCH3 is 1. The van der Waals surface area contributed by atoms with Gasteiger partial charge in [0.05, 0.1) is 6.61 Å². The zero-order valence-corrected chi connectivity index (χ0v) is 15.0. The Bertz CT molecular complexity index is 821. The van der Waals surface area contributed by atoms with Gasteiger partial charge in [-0.3, -0.25) is 0 Å². The fourth-order valence-electron chi connectivity index (χ4n) is 2.45. The lowest BCUT2D eigenvalue weighted by molar-refractivity contribution is 0.210. The fourth-order valence-corrected chi connectivity index (χ4v) is 2.45. The molecule has 3 N–H and O–H groups in total. The van der Waals surface area contributed by atoms with Crippen LogP contribution in [0.1, 0.15) is 5.69 Å². The summed E-state index contributed by atoms with van der Waals surface area (Å²) >= 11 is 0. The number of nitrogens with zero attached hydrogens (tertiary/aromatic N) is 2. The molecule has 0 atom stereocenters. The van der Waals surface area contributed by atoms with E-state index in [1.165, 1.54) is 0 Å². The summed E-state index contributed by atoms with van der Waals surface area (Å²) in [5.41, 5.74) is 3.90. The molecule has 0 amide bonds. The van der Waals surface area contributed by atoms with Crippen molar-refractivity contribution in [2.24, 2.45) is 0 Å². The minimum Gasteiger partial charge on any atom is -0.383 e. The molecule has 0 unspecified atom stereocenters. The molecule has 6 heteroatoms. The average Bonchev–Trinajstić information content (AvgIpc) is 2.64. The molecule has 0 fully saturated rings. The van der Waals surface area contributed by atoms with E-state index >= 15 is 0 Å². The maximum Gasteiger partial charge on any atom is 0.229 e.